The van der Waals surface area contributed by atoms with Gasteiger partial charge in [-0.2, -0.15) is 0 Å². The summed E-state index contributed by atoms with van der Waals surface area (Å²) in [5, 5.41) is 5.57. The summed E-state index contributed by atoms with van der Waals surface area (Å²) in [5.41, 5.74) is 1.02. The van der Waals surface area contributed by atoms with Gasteiger partial charge in [0.25, 0.3) is 5.91 Å². The predicted molar refractivity (Wildman–Crippen MR) is 100 cm³/mol. The Hall–Kier alpha value is -2.12. The van der Waals surface area contributed by atoms with Crippen LogP contribution < -0.4 is 10.6 Å². The minimum atomic E-state index is -0.533. The van der Waals surface area contributed by atoms with Crippen molar-refractivity contribution in [3.05, 3.63) is 29.8 Å². The van der Waals surface area contributed by atoms with Crippen LogP contribution in [0.1, 0.15) is 38.1 Å². The number of carbonyl (C=O) groups is 2. The fraction of sp³-hybridized carbons (Fsp3) is 0.579. The van der Waals surface area contributed by atoms with Gasteiger partial charge in [0, 0.05) is 36.9 Å². The highest BCUT2D eigenvalue weighted by Gasteiger charge is 2.25. The number of morpholine rings is 1. The third kappa shape index (κ3) is 6.00. The van der Waals surface area contributed by atoms with Gasteiger partial charge in [-0.25, -0.2) is 4.79 Å². The minimum Gasteiger partial charge on any atom is -0.450 e. The second-order valence-corrected chi connectivity index (χ2v) is 6.70. The topological polar surface area (TPSA) is 79.9 Å². The molecule has 0 aromatic heterocycles. The molecule has 2 rings (SSSR count). The number of amides is 2. The molecule has 1 aromatic rings. The second-order valence-electron chi connectivity index (χ2n) is 6.70. The van der Waals surface area contributed by atoms with Crippen LogP contribution in [0.4, 0.5) is 10.5 Å². The molecule has 7 heteroatoms. The molecular weight excluding hydrogens is 334 g/mol. The van der Waals surface area contributed by atoms with E-state index in [0.717, 1.165) is 13.1 Å². The largest absolute Gasteiger partial charge is 0.450 e. The van der Waals surface area contributed by atoms with E-state index < -0.39 is 6.09 Å². The van der Waals surface area contributed by atoms with E-state index in [-0.39, 0.29) is 24.2 Å². The monoisotopic (exact) mass is 363 g/mol. The lowest BCUT2D eigenvalue weighted by Gasteiger charge is -2.39. The first-order chi connectivity index (χ1) is 12.4. The number of anilines is 1. The zero-order valence-electron chi connectivity index (χ0n) is 16.0. The van der Waals surface area contributed by atoms with Crippen LogP contribution in [0.5, 0.6) is 0 Å². The maximum Gasteiger partial charge on any atom is 0.411 e. The van der Waals surface area contributed by atoms with E-state index in [1.807, 2.05) is 0 Å². The van der Waals surface area contributed by atoms with Crippen molar-refractivity contribution >= 4 is 17.7 Å². The SMILES string of the molecule is CCOC(=O)Nc1cccc(C(=O)NCC(C)N2CC(C)OC(C)C2)c1. The molecule has 3 unspecified atom stereocenters. The summed E-state index contributed by atoms with van der Waals surface area (Å²) in [6, 6.07) is 7.01. The number of carbonyl (C=O) groups excluding carboxylic acids is 2. The van der Waals surface area contributed by atoms with Crippen LogP contribution >= 0.6 is 0 Å². The van der Waals surface area contributed by atoms with Crippen molar-refractivity contribution in [2.45, 2.75) is 45.9 Å². The molecule has 0 aliphatic carbocycles. The Balaban J connectivity index is 1.88. The van der Waals surface area contributed by atoms with Crippen molar-refractivity contribution < 1.29 is 19.1 Å². The number of rotatable bonds is 6. The maximum atomic E-state index is 12.4. The summed E-state index contributed by atoms with van der Waals surface area (Å²) >= 11 is 0. The first-order valence-corrected chi connectivity index (χ1v) is 9.10. The van der Waals surface area contributed by atoms with Gasteiger partial charge in [-0.1, -0.05) is 6.07 Å². The van der Waals surface area contributed by atoms with Crippen LogP contribution in [0, 0.1) is 0 Å². The van der Waals surface area contributed by atoms with E-state index >= 15 is 0 Å². The van der Waals surface area contributed by atoms with Gasteiger partial charge < -0.3 is 14.8 Å². The van der Waals surface area contributed by atoms with E-state index in [0.29, 0.717) is 24.4 Å². The highest BCUT2D eigenvalue weighted by molar-refractivity contribution is 5.96. The Kier molecular flexibility index (Phi) is 7.41. The molecule has 0 spiro atoms. The Morgan fingerprint density at radius 1 is 1.31 bits per heavy atom. The fourth-order valence-electron chi connectivity index (χ4n) is 3.07. The number of benzene rings is 1. The van der Waals surface area contributed by atoms with Gasteiger partial charge in [0.15, 0.2) is 0 Å². The highest BCUT2D eigenvalue weighted by atomic mass is 16.5. The summed E-state index contributed by atoms with van der Waals surface area (Å²) in [6.45, 7) is 10.5. The molecule has 1 aliphatic heterocycles. The number of hydrogen-bond donors (Lipinski definition) is 2. The Morgan fingerprint density at radius 2 is 2.00 bits per heavy atom. The average molecular weight is 363 g/mol. The first kappa shape index (κ1) is 20.2. The molecule has 1 saturated heterocycles. The smallest absolute Gasteiger partial charge is 0.411 e. The summed E-state index contributed by atoms with van der Waals surface area (Å²) < 4.78 is 10.6. The van der Waals surface area contributed by atoms with Crippen LogP contribution in [0.2, 0.25) is 0 Å². The second kappa shape index (κ2) is 9.54. The molecular formula is C19H29N3O4. The van der Waals surface area contributed by atoms with Crippen LogP contribution in [-0.2, 0) is 9.47 Å². The van der Waals surface area contributed by atoms with Gasteiger partial charge in [-0.15, -0.1) is 0 Å². The molecule has 0 bridgehead atoms. The average Bonchev–Trinajstić information content (AvgIpc) is 2.59. The van der Waals surface area contributed by atoms with Crippen LogP contribution in [0.25, 0.3) is 0 Å². The summed E-state index contributed by atoms with van der Waals surface area (Å²) in [7, 11) is 0. The van der Waals surface area contributed by atoms with E-state index in [2.05, 4.69) is 36.3 Å². The third-order valence-electron chi connectivity index (χ3n) is 4.28. The summed E-state index contributed by atoms with van der Waals surface area (Å²) in [5.74, 6) is -0.168. The minimum absolute atomic E-state index is 0.168. The van der Waals surface area contributed by atoms with Gasteiger partial charge in [0.2, 0.25) is 0 Å². The standard InChI is InChI=1S/C19H29N3O4/c1-5-25-19(24)21-17-8-6-7-16(9-17)18(23)20-10-13(2)22-11-14(3)26-15(4)12-22/h6-9,13-15H,5,10-12H2,1-4H3,(H,20,23)(H,21,24). The Labute approximate surface area is 155 Å². The molecule has 1 heterocycles. The van der Waals surface area contributed by atoms with Crippen LogP contribution in [-0.4, -0.2) is 61.4 Å². The van der Waals surface area contributed by atoms with Crippen molar-refractivity contribution in [3.63, 3.8) is 0 Å². The Morgan fingerprint density at radius 3 is 2.65 bits per heavy atom. The highest BCUT2D eigenvalue weighted by Crippen LogP contribution is 2.14. The van der Waals surface area contributed by atoms with Gasteiger partial charge >= 0.3 is 6.09 Å². The van der Waals surface area contributed by atoms with E-state index in [4.69, 9.17) is 9.47 Å². The first-order valence-electron chi connectivity index (χ1n) is 9.10. The molecule has 144 valence electrons. The molecule has 7 nitrogen and oxygen atoms in total. The van der Waals surface area contributed by atoms with Crippen LogP contribution in [0.3, 0.4) is 0 Å². The van der Waals surface area contributed by atoms with Crippen molar-refractivity contribution in [3.8, 4) is 0 Å². The number of nitrogens with one attached hydrogen (secondary N) is 2. The molecule has 26 heavy (non-hydrogen) atoms. The maximum absolute atomic E-state index is 12.4. The molecule has 1 aliphatic rings. The van der Waals surface area contributed by atoms with Gasteiger partial charge in [0.05, 0.1) is 18.8 Å². The number of hydrogen-bond acceptors (Lipinski definition) is 5. The summed E-state index contributed by atoms with van der Waals surface area (Å²) in [4.78, 5) is 26.2. The van der Waals surface area contributed by atoms with E-state index in [1.165, 1.54) is 0 Å². The predicted octanol–water partition coefficient (Wildman–Crippen LogP) is 2.48. The van der Waals surface area contributed by atoms with Gasteiger partial charge in [0.1, 0.15) is 0 Å². The van der Waals surface area contributed by atoms with Crippen molar-refractivity contribution in [2.24, 2.45) is 0 Å². The van der Waals surface area contributed by atoms with Gasteiger partial charge in [-0.3, -0.25) is 15.0 Å². The fourth-order valence-corrected chi connectivity index (χ4v) is 3.07. The zero-order chi connectivity index (χ0) is 19.1. The van der Waals surface area contributed by atoms with Crippen LogP contribution in [0.15, 0.2) is 24.3 Å². The third-order valence-corrected chi connectivity index (χ3v) is 4.28. The lowest BCUT2D eigenvalue weighted by atomic mass is 10.1. The van der Waals surface area contributed by atoms with E-state index in [9.17, 15) is 9.59 Å². The number of nitrogens with zero attached hydrogens (tertiary/aromatic N) is 1. The van der Waals surface area contributed by atoms with Gasteiger partial charge in [-0.05, 0) is 45.9 Å². The molecule has 2 amide bonds. The van der Waals surface area contributed by atoms with Crippen molar-refractivity contribution in [1.29, 1.82) is 0 Å². The van der Waals surface area contributed by atoms with Crippen molar-refractivity contribution in [1.82, 2.24) is 10.2 Å². The zero-order valence-corrected chi connectivity index (χ0v) is 16.0. The molecule has 0 radical (unpaired) electrons. The molecule has 3 atom stereocenters. The normalized spacial score (nSPS) is 21.7. The quantitative estimate of drug-likeness (QED) is 0.812. The lowest BCUT2D eigenvalue weighted by Crippen LogP contribution is -2.52. The molecule has 1 aromatic carbocycles. The number of ether oxygens (including phenoxy) is 2. The Bertz CT molecular complexity index is 613. The molecule has 0 saturated carbocycles. The molecule has 2 N–H and O–H groups in total. The van der Waals surface area contributed by atoms with E-state index in [1.54, 1.807) is 31.2 Å². The van der Waals surface area contributed by atoms with Crippen molar-refractivity contribution in [2.75, 3.05) is 31.6 Å². The molecule has 1 fully saturated rings. The lowest BCUT2D eigenvalue weighted by molar-refractivity contribution is -0.0778. The summed E-state index contributed by atoms with van der Waals surface area (Å²) in [6.07, 6.45) is -0.140.